The van der Waals surface area contributed by atoms with Gasteiger partial charge in [0.15, 0.2) is 0 Å². The Morgan fingerprint density at radius 3 is 3.00 bits per heavy atom. The quantitative estimate of drug-likeness (QED) is 0.675. The highest BCUT2D eigenvalue weighted by molar-refractivity contribution is 9.10. The van der Waals surface area contributed by atoms with Gasteiger partial charge in [0.2, 0.25) is 0 Å². The van der Waals surface area contributed by atoms with E-state index in [2.05, 4.69) is 26.2 Å². The highest BCUT2D eigenvalue weighted by Crippen LogP contribution is 2.21. The number of methoxy groups -OCH3 is 1. The standard InChI is InChI=1S/C12H15BrN2O3/c1-7-3-8(5-11(13)15-7)18-9-4-10(14-6-9)12(16)17-2/h3,5,9-10,14H,4,6H2,1-2H3/t9-,10?/m1/s1. The number of halogens is 1. The molecule has 1 fully saturated rings. The Labute approximate surface area is 114 Å². The first-order chi connectivity index (χ1) is 8.58. The van der Waals surface area contributed by atoms with Crippen LogP contribution in [-0.2, 0) is 9.53 Å². The van der Waals surface area contributed by atoms with Gasteiger partial charge in [-0.05, 0) is 22.9 Å². The Balaban J connectivity index is 1.97. The molecule has 0 spiro atoms. The third kappa shape index (κ3) is 3.20. The summed E-state index contributed by atoms with van der Waals surface area (Å²) >= 11 is 3.33. The number of nitrogens with one attached hydrogen (secondary N) is 1. The molecule has 1 aliphatic heterocycles. The van der Waals surface area contributed by atoms with Gasteiger partial charge in [-0.2, -0.15) is 0 Å². The van der Waals surface area contributed by atoms with Crippen molar-refractivity contribution in [3.63, 3.8) is 0 Å². The Morgan fingerprint density at radius 1 is 1.56 bits per heavy atom. The van der Waals surface area contributed by atoms with Crippen molar-refractivity contribution in [3.05, 3.63) is 22.4 Å². The summed E-state index contributed by atoms with van der Waals surface area (Å²) in [5, 5.41) is 3.08. The third-order valence-corrected chi connectivity index (χ3v) is 3.18. The van der Waals surface area contributed by atoms with Crippen LogP contribution in [-0.4, -0.2) is 36.8 Å². The number of carbonyl (C=O) groups is 1. The third-order valence-electron chi connectivity index (χ3n) is 2.77. The first-order valence-electron chi connectivity index (χ1n) is 5.70. The van der Waals surface area contributed by atoms with Crippen molar-refractivity contribution in [2.24, 2.45) is 0 Å². The van der Waals surface area contributed by atoms with Crippen LogP contribution in [0.1, 0.15) is 12.1 Å². The number of pyridine rings is 1. The number of hydrogen-bond donors (Lipinski definition) is 1. The van der Waals surface area contributed by atoms with Crippen LogP contribution in [0.3, 0.4) is 0 Å². The zero-order valence-corrected chi connectivity index (χ0v) is 11.9. The zero-order chi connectivity index (χ0) is 13.1. The SMILES string of the molecule is COC(=O)C1C[C@@H](Oc2cc(C)nc(Br)c2)CN1. The van der Waals surface area contributed by atoms with Crippen LogP contribution in [0.2, 0.25) is 0 Å². The Kier molecular flexibility index (Phi) is 4.19. The molecule has 1 unspecified atom stereocenters. The maximum absolute atomic E-state index is 11.4. The number of carbonyl (C=O) groups excluding carboxylic acids is 1. The molecule has 0 saturated carbocycles. The molecule has 5 nitrogen and oxygen atoms in total. The Hall–Kier alpha value is -1.14. The van der Waals surface area contributed by atoms with Gasteiger partial charge in [-0.1, -0.05) is 0 Å². The molecule has 18 heavy (non-hydrogen) atoms. The molecular weight excluding hydrogens is 300 g/mol. The van der Waals surface area contributed by atoms with Crippen LogP contribution in [0.25, 0.3) is 0 Å². The fraction of sp³-hybridized carbons (Fsp3) is 0.500. The van der Waals surface area contributed by atoms with Gasteiger partial charge in [0.1, 0.15) is 22.5 Å². The molecule has 0 bridgehead atoms. The molecule has 1 aromatic heterocycles. The van der Waals surface area contributed by atoms with Crippen LogP contribution >= 0.6 is 15.9 Å². The number of nitrogens with zero attached hydrogens (tertiary/aromatic N) is 1. The van der Waals surface area contributed by atoms with Crippen LogP contribution in [0.15, 0.2) is 16.7 Å². The number of rotatable bonds is 3. The van der Waals surface area contributed by atoms with Gasteiger partial charge >= 0.3 is 5.97 Å². The van der Waals surface area contributed by atoms with E-state index in [1.807, 2.05) is 19.1 Å². The van der Waals surface area contributed by atoms with Crippen molar-refractivity contribution in [2.45, 2.75) is 25.5 Å². The molecule has 6 heteroatoms. The summed E-state index contributed by atoms with van der Waals surface area (Å²) in [5.74, 6) is 0.514. The summed E-state index contributed by atoms with van der Waals surface area (Å²) in [7, 11) is 1.39. The van der Waals surface area contributed by atoms with E-state index in [-0.39, 0.29) is 18.1 Å². The summed E-state index contributed by atoms with van der Waals surface area (Å²) < 4.78 is 11.3. The second-order valence-corrected chi connectivity index (χ2v) is 5.04. The molecule has 0 aromatic carbocycles. The monoisotopic (exact) mass is 314 g/mol. The van der Waals surface area contributed by atoms with Crippen molar-refractivity contribution in [1.82, 2.24) is 10.3 Å². The van der Waals surface area contributed by atoms with Crippen LogP contribution in [0.5, 0.6) is 5.75 Å². The fourth-order valence-corrected chi connectivity index (χ4v) is 2.48. The molecule has 98 valence electrons. The number of esters is 1. The average Bonchev–Trinajstić information content (AvgIpc) is 2.75. The number of hydrogen-bond acceptors (Lipinski definition) is 5. The molecule has 2 atom stereocenters. The lowest BCUT2D eigenvalue weighted by atomic mass is 10.2. The lowest BCUT2D eigenvalue weighted by Gasteiger charge is -2.13. The Bertz CT molecular complexity index is 433. The van der Waals surface area contributed by atoms with E-state index in [4.69, 9.17) is 9.47 Å². The molecule has 2 heterocycles. The summed E-state index contributed by atoms with van der Waals surface area (Å²) in [6, 6.07) is 3.42. The minimum atomic E-state index is -0.272. The first kappa shape index (κ1) is 13.3. The fourth-order valence-electron chi connectivity index (χ4n) is 1.97. The van der Waals surface area contributed by atoms with E-state index in [1.165, 1.54) is 7.11 Å². The lowest BCUT2D eigenvalue weighted by molar-refractivity contribution is -0.142. The van der Waals surface area contributed by atoms with Crippen molar-refractivity contribution < 1.29 is 14.3 Å². The van der Waals surface area contributed by atoms with Gasteiger partial charge in [-0.3, -0.25) is 4.79 Å². The molecule has 1 saturated heterocycles. The molecular formula is C12H15BrN2O3. The number of ether oxygens (including phenoxy) is 2. The maximum atomic E-state index is 11.4. The van der Waals surface area contributed by atoms with E-state index in [0.717, 1.165) is 16.0 Å². The number of aryl methyl sites for hydroxylation is 1. The van der Waals surface area contributed by atoms with E-state index in [9.17, 15) is 4.79 Å². The number of aromatic nitrogens is 1. The first-order valence-corrected chi connectivity index (χ1v) is 6.50. The molecule has 1 N–H and O–H groups in total. The van der Waals surface area contributed by atoms with Gasteiger partial charge in [0.05, 0.1) is 7.11 Å². The van der Waals surface area contributed by atoms with Gasteiger partial charge in [-0.25, -0.2) is 4.98 Å². The average molecular weight is 315 g/mol. The minimum absolute atomic E-state index is 0.0252. The van der Waals surface area contributed by atoms with Crippen molar-refractivity contribution >= 4 is 21.9 Å². The van der Waals surface area contributed by atoms with Crippen molar-refractivity contribution in [1.29, 1.82) is 0 Å². The predicted octanol–water partition coefficient (Wildman–Crippen LogP) is 1.43. The van der Waals surface area contributed by atoms with E-state index < -0.39 is 0 Å². The van der Waals surface area contributed by atoms with Crippen LogP contribution in [0, 0.1) is 6.92 Å². The molecule has 1 aromatic rings. The highest BCUT2D eigenvalue weighted by Gasteiger charge is 2.31. The van der Waals surface area contributed by atoms with E-state index >= 15 is 0 Å². The smallest absolute Gasteiger partial charge is 0.323 e. The second-order valence-electron chi connectivity index (χ2n) is 4.23. The van der Waals surface area contributed by atoms with Gasteiger partial charge in [0, 0.05) is 30.8 Å². The lowest BCUT2D eigenvalue weighted by Crippen LogP contribution is -2.31. The van der Waals surface area contributed by atoms with Crippen LogP contribution in [0.4, 0.5) is 0 Å². The van der Waals surface area contributed by atoms with E-state index in [0.29, 0.717) is 13.0 Å². The van der Waals surface area contributed by atoms with Crippen molar-refractivity contribution in [2.75, 3.05) is 13.7 Å². The minimum Gasteiger partial charge on any atom is -0.489 e. The van der Waals surface area contributed by atoms with Gasteiger partial charge in [-0.15, -0.1) is 0 Å². The highest BCUT2D eigenvalue weighted by atomic mass is 79.9. The van der Waals surface area contributed by atoms with Crippen LogP contribution < -0.4 is 10.1 Å². The Morgan fingerprint density at radius 2 is 2.33 bits per heavy atom. The van der Waals surface area contributed by atoms with E-state index in [1.54, 1.807) is 0 Å². The maximum Gasteiger partial charge on any atom is 0.323 e. The normalized spacial score (nSPS) is 22.8. The molecule has 0 amide bonds. The molecule has 0 aliphatic carbocycles. The second kappa shape index (κ2) is 5.67. The molecule has 1 aliphatic rings. The largest absolute Gasteiger partial charge is 0.489 e. The molecule has 0 radical (unpaired) electrons. The summed E-state index contributed by atoms with van der Waals surface area (Å²) in [5.41, 5.74) is 0.884. The summed E-state index contributed by atoms with van der Waals surface area (Å²) in [4.78, 5) is 15.6. The summed E-state index contributed by atoms with van der Waals surface area (Å²) in [6.07, 6.45) is 0.592. The van der Waals surface area contributed by atoms with Gasteiger partial charge < -0.3 is 14.8 Å². The predicted molar refractivity (Wildman–Crippen MR) is 69.5 cm³/mol. The topological polar surface area (TPSA) is 60.5 Å². The summed E-state index contributed by atoms with van der Waals surface area (Å²) in [6.45, 7) is 2.54. The van der Waals surface area contributed by atoms with Gasteiger partial charge in [0.25, 0.3) is 0 Å². The molecule has 2 rings (SSSR count). The van der Waals surface area contributed by atoms with Crippen molar-refractivity contribution in [3.8, 4) is 5.75 Å². The zero-order valence-electron chi connectivity index (χ0n) is 10.3.